The summed E-state index contributed by atoms with van der Waals surface area (Å²) in [6.07, 6.45) is -3.09. The fraction of sp³-hybridized carbons (Fsp3) is 0.286. The molecular formula is C21H17ClF4N4O2. The first kappa shape index (κ1) is 22.1. The molecule has 4 rings (SSSR count). The van der Waals surface area contributed by atoms with E-state index in [9.17, 15) is 27.2 Å². The first-order chi connectivity index (χ1) is 15.1. The number of amides is 1. The summed E-state index contributed by atoms with van der Waals surface area (Å²) in [6.45, 7) is -1.04. The monoisotopic (exact) mass is 468 g/mol. The predicted molar refractivity (Wildman–Crippen MR) is 108 cm³/mol. The predicted octanol–water partition coefficient (Wildman–Crippen LogP) is 4.17. The summed E-state index contributed by atoms with van der Waals surface area (Å²) in [7, 11) is 0. The number of benzene rings is 2. The van der Waals surface area contributed by atoms with Gasteiger partial charge in [0.25, 0.3) is 0 Å². The van der Waals surface area contributed by atoms with Crippen molar-refractivity contribution < 1.29 is 22.4 Å². The van der Waals surface area contributed by atoms with E-state index in [1.54, 1.807) is 24.3 Å². The number of nitrogens with one attached hydrogen (secondary N) is 1. The molecule has 0 unspecified atom stereocenters. The van der Waals surface area contributed by atoms with Gasteiger partial charge in [0.1, 0.15) is 12.4 Å². The average molecular weight is 469 g/mol. The zero-order chi connectivity index (χ0) is 23.0. The lowest BCUT2D eigenvalue weighted by Gasteiger charge is -2.13. The number of nitrogens with zero attached hydrogens (tertiary/aromatic N) is 3. The molecule has 1 saturated carbocycles. The van der Waals surface area contributed by atoms with E-state index in [0.29, 0.717) is 28.5 Å². The number of aromatic nitrogens is 3. The largest absolute Gasteiger partial charge is 0.416 e. The van der Waals surface area contributed by atoms with Crippen molar-refractivity contribution in [3.05, 3.63) is 74.9 Å². The van der Waals surface area contributed by atoms with Crippen LogP contribution in [-0.2, 0) is 24.1 Å². The van der Waals surface area contributed by atoms with E-state index in [1.165, 1.54) is 4.57 Å². The zero-order valence-corrected chi connectivity index (χ0v) is 17.3. The number of hydrogen-bond acceptors (Lipinski definition) is 3. The summed E-state index contributed by atoms with van der Waals surface area (Å²) >= 11 is 5.91. The van der Waals surface area contributed by atoms with Crippen LogP contribution in [0.5, 0.6) is 0 Å². The Labute approximate surface area is 184 Å². The van der Waals surface area contributed by atoms with E-state index in [0.717, 1.165) is 23.6 Å². The molecule has 6 nitrogen and oxygen atoms in total. The number of hydrogen-bond donors (Lipinski definition) is 1. The van der Waals surface area contributed by atoms with Gasteiger partial charge in [-0.2, -0.15) is 13.2 Å². The van der Waals surface area contributed by atoms with Crippen molar-refractivity contribution in [3.8, 4) is 11.4 Å². The molecule has 1 aromatic heterocycles. The van der Waals surface area contributed by atoms with Gasteiger partial charge in [-0.3, -0.25) is 9.36 Å². The maximum Gasteiger partial charge on any atom is 0.416 e. The van der Waals surface area contributed by atoms with E-state index >= 15 is 0 Å². The molecule has 3 aromatic rings. The van der Waals surface area contributed by atoms with E-state index in [2.05, 4.69) is 10.4 Å². The Kier molecular flexibility index (Phi) is 5.81. The lowest BCUT2D eigenvalue weighted by Crippen LogP contribution is -2.33. The first-order valence-corrected chi connectivity index (χ1v) is 10.1. The topological polar surface area (TPSA) is 68.9 Å². The minimum absolute atomic E-state index is 0.0216. The quantitative estimate of drug-likeness (QED) is 0.552. The van der Waals surface area contributed by atoms with Crippen LogP contribution in [0.15, 0.2) is 47.3 Å². The Morgan fingerprint density at radius 1 is 1.16 bits per heavy atom. The summed E-state index contributed by atoms with van der Waals surface area (Å²) in [6, 6.07) is 8.74. The minimum atomic E-state index is -4.69. The van der Waals surface area contributed by atoms with Crippen molar-refractivity contribution in [2.75, 3.05) is 0 Å². The summed E-state index contributed by atoms with van der Waals surface area (Å²) < 4.78 is 55.3. The van der Waals surface area contributed by atoms with Crippen molar-refractivity contribution in [2.24, 2.45) is 0 Å². The van der Waals surface area contributed by atoms with E-state index in [-0.39, 0.29) is 6.04 Å². The van der Waals surface area contributed by atoms with Gasteiger partial charge >= 0.3 is 11.9 Å². The van der Waals surface area contributed by atoms with Crippen LogP contribution in [0.25, 0.3) is 11.4 Å². The summed E-state index contributed by atoms with van der Waals surface area (Å²) in [5.41, 5.74) is -1.30. The molecule has 0 saturated heterocycles. The van der Waals surface area contributed by atoms with Gasteiger partial charge in [0.15, 0.2) is 5.82 Å². The number of alkyl halides is 3. The fourth-order valence-electron chi connectivity index (χ4n) is 3.35. The van der Waals surface area contributed by atoms with Gasteiger partial charge in [-0.1, -0.05) is 11.6 Å². The molecule has 0 radical (unpaired) electrons. The van der Waals surface area contributed by atoms with Crippen LogP contribution < -0.4 is 11.0 Å². The molecule has 0 atom stereocenters. The highest BCUT2D eigenvalue weighted by molar-refractivity contribution is 6.30. The molecule has 1 aliphatic carbocycles. The molecule has 1 heterocycles. The lowest BCUT2D eigenvalue weighted by molar-refractivity contribution is -0.138. The normalized spacial score (nSPS) is 13.9. The van der Waals surface area contributed by atoms with Gasteiger partial charge in [-0.25, -0.2) is 13.9 Å². The third kappa shape index (κ3) is 4.69. The Hall–Kier alpha value is -3.14. The maximum absolute atomic E-state index is 13.4. The Bertz CT molecular complexity index is 1210. The first-order valence-electron chi connectivity index (χ1n) is 9.71. The molecule has 2 aromatic carbocycles. The summed E-state index contributed by atoms with van der Waals surface area (Å²) in [5.74, 6) is -1.20. The van der Waals surface area contributed by atoms with Crippen LogP contribution in [0.4, 0.5) is 17.6 Å². The molecule has 0 aliphatic heterocycles. The van der Waals surface area contributed by atoms with Crippen molar-refractivity contribution in [1.82, 2.24) is 19.7 Å². The Morgan fingerprint density at radius 2 is 1.84 bits per heavy atom. The van der Waals surface area contributed by atoms with E-state index < -0.39 is 47.8 Å². The molecule has 0 bridgehead atoms. The third-order valence-corrected chi connectivity index (χ3v) is 5.28. The second kappa shape index (κ2) is 8.42. The van der Waals surface area contributed by atoms with Crippen molar-refractivity contribution in [3.63, 3.8) is 0 Å². The van der Waals surface area contributed by atoms with Crippen LogP contribution >= 0.6 is 11.6 Å². The third-order valence-electron chi connectivity index (χ3n) is 5.03. The number of carbonyl (C=O) groups is 1. The molecule has 32 heavy (non-hydrogen) atoms. The van der Waals surface area contributed by atoms with Gasteiger partial charge in [-0.05, 0) is 60.9 Å². The smallest absolute Gasteiger partial charge is 0.350 e. The maximum atomic E-state index is 13.4. The van der Waals surface area contributed by atoms with Crippen molar-refractivity contribution in [1.29, 1.82) is 0 Å². The van der Waals surface area contributed by atoms with Crippen LogP contribution in [0.2, 0.25) is 5.02 Å². The Balaban J connectivity index is 1.54. The van der Waals surface area contributed by atoms with Gasteiger partial charge in [0, 0.05) is 23.2 Å². The average Bonchev–Trinajstić information content (AvgIpc) is 3.51. The number of halogens is 5. The van der Waals surface area contributed by atoms with Crippen LogP contribution in [0.1, 0.15) is 30.0 Å². The van der Waals surface area contributed by atoms with Gasteiger partial charge in [-0.15, -0.1) is 5.10 Å². The lowest BCUT2D eigenvalue weighted by atomic mass is 10.1. The standard InChI is InChI=1S/C21H17ClF4N4O2/c22-14-3-1-12(2-4-14)19-28-29(20(32)30(19)16-6-7-16)11-18(31)27-10-13-9-15(23)5-8-17(13)21(24,25)26/h1-5,8-9,16H,6-7,10-11H2,(H,27,31). The van der Waals surface area contributed by atoms with Gasteiger partial charge in [0.05, 0.1) is 5.56 Å². The van der Waals surface area contributed by atoms with Crippen molar-refractivity contribution >= 4 is 17.5 Å². The molecule has 11 heteroatoms. The molecule has 1 amide bonds. The summed E-state index contributed by atoms with van der Waals surface area (Å²) in [4.78, 5) is 25.2. The van der Waals surface area contributed by atoms with E-state index in [1.807, 2.05) is 0 Å². The highest BCUT2D eigenvalue weighted by atomic mass is 35.5. The molecule has 0 spiro atoms. The second-order valence-electron chi connectivity index (χ2n) is 7.45. The SMILES string of the molecule is O=C(Cn1nc(-c2ccc(Cl)cc2)n(C2CC2)c1=O)NCc1cc(F)ccc1C(F)(F)F. The van der Waals surface area contributed by atoms with Crippen LogP contribution in [-0.4, -0.2) is 20.3 Å². The van der Waals surface area contributed by atoms with Gasteiger partial charge in [0.2, 0.25) is 5.91 Å². The highest BCUT2D eigenvalue weighted by Crippen LogP contribution is 2.36. The number of carbonyl (C=O) groups excluding carboxylic acids is 1. The summed E-state index contributed by atoms with van der Waals surface area (Å²) in [5, 5.41) is 7.08. The molecule has 168 valence electrons. The highest BCUT2D eigenvalue weighted by Gasteiger charge is 2.34. The molecule has 1 fully saturated rings. The van der Waals surface area contributed by atoms with Gasteiger partial charge < -0.3 is 5.32 Å². The zero-order valence-electron chi connectivity index (χ0n) is 16.5. The minimum Gasteiger partial charge on any atom is -0.350 e. The van der Waals surface area contributed by atoms with Crippen molar-refractivity contribution in [2.45, 2.75) is 38.1 Å². The van der Waals surface area contributed by atoms with Crippen LogP contribution in [0, 0.1) is 5.82 Å². The molecule has 1 aliphatic rings. The number of rotatable bonds is 6. The fourth-order valence-corrected chi connectivity index (χ4v) is 3.48. The molecule has 1 N–H and O–H groups in total. The van der Waals surface area contributed by atoms with Crippen LogP contribution in [0.3, 0.4) is 0 Å². The van der Waals surface area contributed by atoms with E-state index in [4.69, 9.17) is 11.6 Å². The second-order valence-corrected chi connectivity index (χ2v) is 7.88. The Morgan fingerprint density at radius 3 is 2.47 bits per heavy atom. The molecular weight excluding hydrogens is 452 g/mol.